The minimum Gasteiger partial charge on any atom is -0.481 e. The van der Waals surface area contributed by atoms with Crippen molar-refractivity contribution in [2.45, 2.75) is 33.7 Å². The van der Waals surface area contributed by atoms with Crippen molar-refractivity contribution >= 4 is 11.9 Å². The van der Waals surface area contributed by atoms with Crippen molar-refractivity contribution in [3.8, 4) is 0 Å². The topological polar surface area (TPSA) is 75.4 Å². The number of carboxylic acid groups (broad SMARTS) is 1. The van der Waals surface area contributed by atoms with Gasteiger partial charge in [-0.3, -0.25) is 14.3 Å². The smallest absolute Gasteiger partial charge is 0.311 e. The third-order valence-electron chi connectivity index (χ3n) is 3.71. The molecule has 0 saturated carbocycles. The van der Waals surface area contributed by atoms with Gasteiger partial charge in [-0.05, 0) is 19.3 Å². The lowest BCUT2D eigenvalue weighted by atomic mass is 9.90. The number of amides is 1. The number of carbonyl (C=O) groups is 2. The number of hydrogen-bond acceptors (Lipinski definition) is 3. The minimum absolute atomic E-state index is 0.134. The van der Waals surface area contributed by atoms with Gasteiger partial charge >= 0.3 is 5.97 Å². The third kappa shape index (κ3) is 2.84. The van der Waals surface area contributed by atoms with Crippen molar-refractivity contribution in [3.63, 3.8) is 0 Å². The Labute approximate surface area is 118 Å². The molecule has 0 bridgehead atoms. The Hall–Kier alpha value is -1.85. The number of hydrogen-bond donors (Lipinski definition) is 1. The molecule has 1 unspecified atom stereocenters. The second kappa shape index (κ2) is 5.26. The Kier molecular flexibility index (Phi) is 3.83. The quantitative estimate of drug-likeness (QED) is 0.905. The van der Waals surface area contributed by atoms with Crippen molar-refractivity contribution in [1.29, 1.82) is 0 Å². The Morgan fingerprint density at radius 3 is 2.75 bits per heavy atom. The van der Waals surface area contributed by atoms with E-state index in [1.807, 2.05) is 0 Å². The van der Waals surface area contributed by atoms with Crippen LogP contribution in [-0.2, 0) is 11.3 Å². The molecule has 0 aliphatic carbocycles. The van der Waals surface area contributed by atoms with Gasteiger partial charge in [-0.2, -0.15) is 5.10 Å². The zero-order valence-electron chi connectivity index (χ0n) is 12.2. The lowest BCUT2D eigenvalue weighted by Gasteiger charge is -2.19. The summed E-state index contributed by atoms with van der Waals surface area (Å²) >= 11 is 0. The molecule has 0 radical (unpaired) electrons. The Bertz CT molecular complexity index is 523. The zero-order valence-corrected chi connectivity index (χ0v) is 12.2. The summed E-state index contributed by atoms with van der Waals surface area (Å²) < 4.78 is 1.75. The van der Waals surface area contributed by atoms with E-state index >= 15 is 0 Å². The standard InChI is InChI=1S/C14H21N3O3/c1-10(2)7-17-8-11(6-15-17)12(18)16-5-4-14(3,9-16)13(19)20/h6,8,10H,4-5,7,9H2,1-3H3,(H,19,20). The van der Waals surface area contributed by atoms with Crippen LogP contribution in [-0.4, -0.2) is 44.8 Å². The van der Waals surface area contributed by atoms with Gasteiger partial charge in [-0.15, -0.1) is 0 Å². The van der Waals surface area contributed by atoms with Gasteiger partial charge in [0.15, 0.2) is 0 Å². The number of aromatic nitrogens is 2. The lowest BCUT2D eigenvalue weighted by Crippen LogP contribution is -2.34. The van der Waals surface area contributed by atoms with Gasteiger partial charge in [0.2, 0.25) is 0 Å². The van der Waals surface area contributed by atoms with Gasteiger partial charge in [-0.25, -0.2) is 0 Å². The first-order valence-corrected chi connectivity index (χ1v) is 6.87. The predicted molar refractivity (Wildman–Crippen MR) is 73.3 cm³/mol. The maximum atomic E-state index is 12.3. The molecule has 6 nitrogen and oxygen atoms in total. The van der Waals surface area contributed by atoms with E-state index in [2.05, 4.69) is 18.9 Å². The van der Waals surface area contributed by atoms with Gasteiger partial charge in [0, 0.05) is 25.8 Å². The van der Waals surface area contributed by atoms with Crippen LogP contribution in [0.5, 0.6) is 0 Å². The van der Waals surface area contributed by atoms with E-state index in [9.17, 15) is 14.7 Å². The molecule has 2 rings (SSSR count). The molecule has 1 aromatic rings. The zero-order chi connectivity index (χ0) is 14.9. The fraction of sp³-hybridized carbons (Fsp3) is 0.643. The Balaban J connectivity index is 2.05. The maximum Gasteiger partial charge on any atom is 0.311 e. The van der Waals surface area contributed by atoms with Crippen LogP contribution in [0.4, 0.5) is 0 Å². The summed E-state index contributed by atoms with van der Waals surface area (Å²) in [6, 6.07) is 0. The number of nitrogens with zero attached hydrogens (tertiary/aromatic N) is 3. The molecule has 1 saturated heterocycles. The molecule has 2 heterocycles. The van der Waals surface area contributed by atoms with E-state index in [1.165, 1.54) is 0 Å². The first-order chi connectivity index (χ1) is 9.32. The number of aliphatic carboxylic acids is 1. The monoisotopic (exact) mass is 279 g/mol. The normalized spacial score (nSPS) is 22.5. The molecule has 1 amide bonds. The molecule has 0 aromatic carbocycles. The van der Waals surface area contributed by atoms with Crippen molar-refractivity contribution in [2.24, 2.45) is 11.3 Å². The van der Waals surface area contributed by atoms with Gasteiger partial charge < -0.3 is 10.0 Å². The first kappa shape index (κ1) is 14.6. The number of likely N-dealkylation sites (tertiary alicyclic amines) is 1. The summed E-state index contributed by atoms with van der Waals surface area (Å²) in [5, 5.41) is 13.4. The van der Waals surface area contributed by atoms with Gasteiger partial charge in [-0.1, -0.05) is 13.8 Å². The summed E-state index contributed by atoms with van der Waals surface area (Å²) in [5.41, 5.74) is -0.302. The van der Waals surface area contributed by atoms with E-state index in [4.69, 9.17) is 0 Å². The SMILES string of the molecule is CC(C)Cn1cc(C(=O)N2CCC(C)(C(=O)O)C2)cn1. The Morgan fingerprint density at radius 2 is 2.20 bits per heavy atom. The fourth-order valence-electron chi connectivity index (χ4n) is 2.44. The molecule has 20 heavy (non-hydrogen) atoms. The summed E-state index contributed by atoms with van der Waals surface area (Å²) in [7, 11) is 0. The second-order valence-corrected chi connectivity index (χ2v) is 6.19. The molecule has 1 aliphatic heterocycles. The molecule has 1 aromatic heterocycles. The average molecular weight is 279 g/mol. The van der Waals surface area contributed by atoms with Crippen LogP contribution in [0.15, 0.2) is 12.4 Å². The highest BCUT2D eigenvalue weighted by Crippen LogP contribution is 2.30. The fourth-order valence-corrected chi connectivity index (χ4v) is 2.44. The third-order valence-corrected chi connectivity index (χ3v) is 3.71. The molecule has 1 aliphatic rings. The van der Waals surface area contributed by atoms with Crippen molar-refractivity contribution in [2.75, 3.05) is 13.1 Å². The molecule has 0 spiro atoms. The van der Waals surface area contributed by atoms with Gasteiger partial charge in [0.1, 0.15) is 0 Å². The van der Waals surface area contributed by atoms with Crippen molar-refractivity contribution in [3.05, 3.63) is 18.0 Å². The average Bonchev–Trinajstić information content (AvgIpc) is 2.95. The van der Waals surface area contributed by atoms with E-state index in [0.29, 0.717) is 24.4 Å². The van der Waals surface area contributed by atoms with Crippen LogP contribution in [0.25, 0.3) is 0 Å². The summed E-state index contributed by atoms with van der Waals surface area (Å²) in [4.78, 5) is 25.1. The van der Waals surface area contributed by atoms with Crippen LogP contribution < -0.4 is 0 Å². The minimum atomic E-state index is -0.844. The number of carbonyl (C=O) groups excluding carboxylic acids is 1. The predicted octanol–water partition coefficient (Wildman–Crippen LogP) is 1.48. The summed E-state index contributed by atoms with van der Waals surface area (Å²) in [6.07, 6.45) is 3.79. The van der Waals surface area contributed by atoms with Gasteiger partial charge in [0.25, 0.3) is 5.91 Å². The van der Waals surface area contributed by atoms with Crippen molar-refractivity contribution in [1.82, 2.24) is 14.7 Å². The summed E-state index contributed by atoms with van der Waals surface area (Å²) in [6.45, 7) is 7.36. The number of carboxylic acids is 1. The highest BCUT2D eigenvalue weighted by Gasteiger charge is 2.42. The molecular formula is C14H21N3O3. The largest absolute Gasteiger partial charge is 0.481 e. The molecule has 6 heteroatoms. The molecule has 110 valence electrons. The highest BCUT2D eigenvalue weighted by molar-refractivity contribution is 5.94. The van der Waals surface area contributed by atoms with Crippen LogP contribution in [0.1, 0.15) is 37.6 Å². The molecule has 1 N–H and O–H groups in total. The lowest BCUT2D eigenvalue weighted by molar-refractivity contribution is -0.147. The van der Waals surface area contributed by atoms with E-state index in [1.54, 1.807) is 28.9 Å². The van der Waals surface area contributed by atoms with Crippen molar-refractivity contribution < 1.29 is 14.7 Å². The van der Waals surface area contributed by atoms with E-state index < -0.39 is 11.4 Å². The highest BCUT2D eigenvalue weighted by atomic mass is 16.4. The first-order valence-electron chi connectivity index (χ1n) is 6.87. The Morgan fingerprint density at radius 1 is 1.50 bits per heavy atom. The van der Waals surface area contributed by atoms with E-state index in [-0.39, 0.29) is 12.5 Å². The second-order valence-electron chi connectivity index (χ2n) is 6.19. The number of rotatable bonds is 4. The van der Waals surface area contributed by atoms with Gasteiger partial charge in [0.05, 0.1) is 17.2 Å². The van der Waals surface area contributed by atoms with E-state index in [0.717, 1.165) is 6.54 Å². The maximum absolute atomic E-state index is 12.3. The molecule has 1 fully saturated rings. The summed E-state index contributed by atoms with van der Waals surface area (Å²) in [5.74, 6) is -0.520. The molecule has 1 atom stereocenters. The van der Waals surface area contributed by atoms with Crippen LogP contribution in [0.2, 0.25) is 0 Å². The molecular weight excluding hydrogens is 258 g/mol. The van der Waals surface area contributed by atoms with Crippen LogP contribution in [0, 0.1) is 11.3 Å². The van der Waals surface area contributed by atoms with Crippen LogP contribution >= 0.6 is 0 Å². The van der Waals surface area contributed by atoms with Crippen LogP contribution in [0.3, 0.4) is 0 Å².